The SMILES string of the molecule is ClC1C=C(Cc2nc3ccccc3s2)CCCC1. The molecule has 0 bridgehead atoms. The largest absolute Gasteiger partial charge is 0.241 e. The minimum absolute atomic E-state index is 0.219. The number of thiazole rings is 1. The van der Waals surface area contributed by atoms with Crippen LogP contribution in [0.25, 0.3) is 10.2 Å². The highest BCUT2D eigenvalue weighted by atomic mass is 35.5. The summed E-state index contributed by atoms with van der Waals surface area (Å²) >= 11 is 8.07. The van der Waals surface area contributed by atoms with Gasteiger partial charge in [-0.05, 0) is 31.4 Å². The zero-order chi connectivity index (χ0) is 12.4. The van der Waals surface area contributed by atoms with Crippen molar-refractivity contribution >= 4 is 33.2 Å². The van der Waals surface area contributed by atoms with Crippen molar-refractivity contribution in [2.24, 2.45) is 0 Å². The molecule has 0 saturated carbocycles. The van der Waals surface area contributed by atoms with Gasteiger partial charge in [0.1, 0.15) is 0 Å². The van der Waals surface area contributed by atoms with Crippen LogP contribution in [0.4, 0.5) is 0 Å². The van der Waals surface area contributed by atoms with E-state index < -0.39 is 0 Å². The van der Waals surface area contributed by atoms with Crippen molar-refractivity contribution in [3.05, 3.63) is 40.9 Å². The number of benzene rings is 1. The monoisotopic (exact) mass is 277 g/mol. The fourth-order valence-corrected chi connectivity index (χ4v) is 3.80. The third-order valence-electron chi connectivity index (χ3n) is 3.36. The van der Waals surface area contributed by atoms with E-state index in [1.165, 1.54) is 34.5 Å². The van der Waals surface area contributed by atoms with Gasteiger partial charge in [0.25, 0.3) is 0 Å². The Labute approximate surface area is 117 Å². The molecule has 0 aliphatic heterocycles. The zero-order valence-electron chi connectivity index (χ0n) is 10.2. The Hall–Kier alpha value is -0.860. The maximum atomic E-state index is 6.27. The van der Waals surface area contributed by atoms with Crippen molar-refractivity contribution in [1.29, 1.82) is 0 Å². The molecule has 1 aromatic heterocycles. The summed E-state index contributed by atoms with van der Waals surface area (Å²) in [4.78, 5) is 4.70. The molecule has 3 heteroatoms. The molecule has 2 aromatic rings. The number of hydrogen-bond donors (Lipinski definition) is 0. The van der Waals surface area contributed by atoms with Crippen LogP contribution in [0.5, 0.6) is 0 Å². The molecule has 0 N–H and O–H groups in total. The van der Waals surface area contributed by atoms with Gasteiger partial charge in [-0.1, -0.05) is 30.2 Å². The van der Waals surface area contributed by atoms with E-state index in [0.29, 0.717) is 0 Å². The Bertz CT molecular complexity index is 540. The van der Waals surface area contributed by atoms with E-state index in [9.17, 15) is 0 Å². The summed E-state index contributed by atoms with van der Waals surface area (Å²) < 4.78 is 1.28. The number of allylic oxidation sites excluding steroid dienone is 2. The molecule has 94 valence electrons. The maximum absolute atomic E-state index is 6.27. The number of rotatable bonds is 2. The molecule has 1 aliphatic carbocycles. The van der Waals surface area contributed by atoms with Gasteiger partial charge >= 0.3 is 0 Å². The van der Waals surface area contributed by atoms with E-state index in [4.69, 9.17) is 16.6 Å². The second-order valence-corrected chi connectivity index (χ2v) is 6.51. The number of halogens is 1. The summed E-state index contributed by atoms with van der Waals surface area (Å²) in [5.41, 5.74) is 2.58. The Morgan fingerprint density at radius 1 is 1.28 bits per heavy atom. The van der Waals surface area contributed by atoms with E-state index in [2.05, 4.69) is 24.3 Å². The third-order valence-corrected chi connectivity index (χ3v) is 4.74. The van der Waals surface area contributed by atoms with Crippen LogP contribution in [0.1, 0.15) is 30.7 Å². The fraction of sp³-hybridized carbons (Fsp3) is 0.400. The topological polar surface area (TPSA) is 12.9 Å². The molecule has 1 unspecified atom stereocenters. The van der Waals surface area contributed by atoms with Crippen LogP contribution in [0.15, 0.2) is 35.9 Å². The van der Waals surface area contributed by atoms with Gasteiger partial charge in [0.2, 0.25) is 0 Å². The molecule has 0 spiro atoms. The Balaban J connectivity index is 1.82. The van der Waals surface area contributed by atoms with Crippen molar-refractivity contribution in [2.45, 2.75) is 37.5 Å². The molecule has 1 aromatic carbocycles. The molecule has 0 radical (unpaired) electrons. The van der Waals surface area contributed by atoms with Gasteiger partial charge in [0.05, 0.1) is 20.6 Å². The van der Waals surface area contributed by atoms with Gasteiger partial charge in [-0.15, -0.1) is 22.9 Å². The lowest BCUT2D eigenvalue weighted by Gasteiger charge is -2.02. The van der Waals surface area contributed by atoms with Gasteiger partial charge in [0.15, 0.2) is 0 Å². The van der Waals surface area contributed by atoms with Crippen LogP contribution >= 0.6 is 22.9 Å². The number of hydrogen-bond acceptors (Lipinski definition) is 2. The summed E-state index contributed by atoms with van der Waals surface area (Å²) in [6, 6.07) is 8.35. The molecule has 0 saturated heterocycles. The first-order chi connectivity index (χ1) is 8.81. The van der Waals surface area contributed by atoms with Gasteiger partial charge in [0, 0.05) is 6.42 Å². The second-order valence-electron chi connectivity index (χ2n) is 4.84. The molecule has 1 nitrogen and oxygen atoms in total. The quantitative estimate of drug-likeness (QED) is 0.559. The molecule has 18 heavy (non-hydrogen) atoms. The molecule has 1 heterocycles. The molecule has 1 atom stereocenters. The zero-order valence-corrected chi connectivity index (χ0v) is 11.8. The number of alkyl halides is 1. The van der Waals surface area contributed by atoms with E-state index in [1.807, 2.05) is 6.07 Å². The van der Waals surface area contributed by atoms with E-state index >= 15 is 0 Å². The van der Waals surface area contributed by atoms with Crippen LogP contribution in [0.3, 0.4) is 0 Å². The number of para-hydroxylation sites is 1. The van der Waals surface area contributed by atoms with Crippen molar-refractivity contribution in [2.75, 3.05) is 0 Å². The highest BCUT2D eigenvalue weighted by Crippen LogP contribution is 2.27. The Morgan fingerprint density at radius 2 is 2.17 bits per heavy atom. The summed E-state index contributed by atoms with van der Waals surface area (Å²) in [5.74, 6) is 0. The van der Waals surface area contributed by atoms with Gasteiger partial charge in [-0.3, -0.25) is 0 Å². The average molecular weight is 278 g/mol. The highest BCUT2D eigenvalue weighted by molar-refractivity contribution is 7.18. The predicted octanol–water partition coefficient (Wildman–Crippen LogP) is 4.95. The molecule has 0 fully saturated rings. The lowest BCUT2D eigenvalue weighted by molar-refractivity contribution is 0.709. The Kier molecular flexibility index (Phi) is 3.67. The van der Waals surface area contributed by atoms with Gasteiger partial charge in [-0.2, -0.15) is 0 Å². The lowest BCUT2D eigenvalue weighted by atomic mass is 10.1. The first-order valence-corrected chi connectivity index (χ1v) is 7.74. The lowest BCUT2D eigenvalue weighted by Crippen LogP contribution is -1.94. The van der Waals surface area contributed by atoms with Gasteiger partial charge in [-0.25, -0.2) is 4.98 Å². The smallest absolute Gasteiger partial charge is 0.0979 e. The minimum Gasteiger partial charge on any atom is -0.241 e. The Morgan fingerprint density at radius 3 is 3.06 bits per heavy atom. The van der Waals surface area contributed by atoms with Crippen molar-refractivity contribution in [3.63, 3.8) is 0 Å². The number of fused-ring (bicyclic) bond motifs is 1. The molecule has 0 amide bonds. The fourth-order valence-electron chi connectivity index (χ4n) is 2.45. The number of nitrogens with zero attached hydrogens (tertiary/aromatic N) is 1. The second kappa shape index (κ2) is 5.41. The average Bonchev–Trinajstić information content (AvgIpc) is 2.65. The maximum Gasteiger partial charge on any atom is 0.0979 e. The van der Waals surface area contributed by atoms with Crippen LogP contribution in [0.2, 0.25) is 0 Å². The van der Waals surface area contributed by atoms with Crippen LogP contribution in [-0.2, 0) is 6.42 Å². The van der Waals surface area contributed by atoms with Gasteiger partial charge < -0.3 is 0 Å². The first kappa shape index (κ1) is 12.2. The van der Waals surface area contributed by atoms with Crippen molar-refractivity contribution in [3.8, 4) is 0 Å². The summed E-state index contributed by atoms with van der Waals surface area (Å²) in [6.45, 7) is 0. The molecular formula is C15H16ClNS. The first-order valence-electron chi connectivity index (χ1n) is 6.49. The summed E-state index contributed by atoms with van der Waals surface area (Å²) in [6.07, 6.45) is 8.03. The third kappa shape index (κ3) is 2.76. The summed E-state index contributed by atoms with van der Waals surface area (Å²) in [7, 11) is 0. The van der Waals surface area contributed by atoms with Crippen molar-refractivity contribution in [1.82, 2.24) is 4.98 Å². The standard InChI is InChI=1S/C15H16ClNS/c16-12-6-2-1-5-11(9-12)10-15-17-13-7-3-4-8-14(13)18-15/h3-4,7-9,12H,1-2,5-6,10H2. The highest BCUT2D eigenvalue weighted by Gasteiger charge is 2.12. The van der Waals surface area contributed by atoms with E-state index in [-0.39, 0.29) is 5.38 Å². The van der Waals surface area contributed by atoms with E-state index in [1.54, 1.807) is 11.3 Å². The normalized spacial score (nSPS) is 20.7. The number of aromatic nitrogens is 1. The predicted molar refractivity (Wildman–Crippen MR) is 79.5 cm³/mol. The minimum atomic E-state index is 0.219. The summed E-state index contributed by atoms with van der Waals surface area (Å²) in [5, 5.41) is 1.44. The van der Waals surface area contributed by atoms with Crippen LogP contribution in [0, 0.1) is 0 Å². The molecular weight excluding hydrogens is 262 g/mol. The van der Waals surface area contributed by atoms with Crippen molar-refractivity contribution < 1.29 is 0 Å². The van der Waals surface area contributed by atoms with Crippen LogP contribution in [-0.4, -0.2) is 10.4 Å². The molecule has 3 rings (SSSR count). The van der Waals surface area contributed by atoms with E-state index in [0.717, 1.165) is 18.4 Å². The van der Waals surface area contributed by atoms with Crippen LogP contribution < -0.4 is 0 Å². The molecule has 1 aliphatic rings.